The molecule has 392 valence electrons. The highest BCUT2D eigenvalue weighted by molar-refractivity contribution is 7.20. The van der Waals surface area contributed by atoms with Gasteiger partial charge < -0.3 is 0 Å². The molecule has 6 aromatic rings. The van der Waals surface area contributed by atoms with Crippen molar-refractivity contribution in [1.82, 2.24) is 4.98 Å². The summed E-state index contributed by atoms with van der Waals surface area (Å²) in [5.74, 6) is -0.650. The normalized spacial score (nSPS) is 13.4. The van der Waals surface area contributed by atoms with Crippen molar-refractivity contribution in [2.75, 3.05) is 0 Å². The third-order valence-electron chi connectivity index (χ3n) is 10.6. The average molecular weight is 1080 g/mol. The number of carbonyl (C=O) groups is 1. The van der Waals surface area contributed by atoms with Crippen molar-refractivity contribution in [3.63, 3.8) is 0 Å². The Morgan fingerprint density at radius 3 is 0.863 bits per heavy atom. The molecule has 0 bridgehead atoms. The van der Waals surface area contributed by atoms with Gasteiger partial charge in [-0.25, -0.2) is 4.98 Å². The second kappa shape index (κ2) is 19.5. The van der Waals surface area contributed by atoms with Crippen LogP contribution in [-0.4, -0.2) is 16.9 Å². The Morgan fingerprint density at radius 1 is 0.397 bits per heavy atom. The number of rotatable bonds is 7. The first-order valence-electron chi connectivity index (χ1n) is 19.5. The zero-order chi connectivity index (χ0) is 55.3. The predicted octanol–water partition coefficient (Wildman–Crippen LogP) is 12.6. The van der Waals surface area contributed by atoms with E-state index in [0.29, 0.717) is 5.56 Å². The largest absolute Gasteiger partial charge is 0.416 e. The van der Waals surface area contributed by atoms with Crippen molar-refractivity contribution < 1.29 is 119 Å². The van der Waals surface area contributed by atoms with Gasteiger partial charge in [0.05, 0.1) is 50.7 Å². The summed E-state index contributed by atoms with van der Waals surface area (Å²) in [6.45, 7) is -0.0155. The van der Waals surface area contributed by atoms with Crippen molar-refractivity contribution in [1.29, 1.82) is 0 Å². The number of aromatic nitrogens is 2. The smallest absolute Gasteiger partial charge is 0.287 e. The minimum Gasteiger partial charge on any atom is -0.287 e. The molecule has 0 spiro atoms. The molecular weight excluding hydrogens is 1060 g/mol. The third-order valence-corrected chi connectivity index (χ3v) is 10.6. The fraction of sp³-hybridized carbons (Fsp3) is 0.205. The van der Waals surface area contributed by atoms with Crippen LogP contribution in [0.5, 0.6) is 0 Å². The maximum Gasteiger partial charge on any atom is 0.416 e. The van der Waals surface area contributed by atoms with Gasteiger partial charge in [-0.15, -0.1) is 4.39 Å². The number of Topliss-reactive ketones (excluding diaryl/α,β-unsaturated/α-hetero) is 1. The average Bonchev–Trinajstić information content (AvgIpc) is 3.25. The maximum atomic E-state index is 14.2. The number of halogens is 25. The van der Waals surface area contributed by atoms with Gasteiger partial charge in [-0.1, -0.05) is 78.9 Å². The number of carbonyl (C=O) groups excluding carboxylic acids is 1. The van der Waals surface area contributed by atoms with E-state index in [4.69, 9.17) is 0 Å². The summed E-state index contributed by atoms with van der Waals surface area (Å²) in [5, 5.41) is 0. The van der Waals surface area contributed by atoms with Crippen LogP contribution >= 0.6 is 0 Å². The lowest BCUT2D eigenvalue weighted by atomic mass is 9.12. The molecule has 0 unspecified atom stereocenters. The van der Waals surface area contributed by atoms with Crippen LogP contribution in [0.2, 0.25) is 0 Å². The number of alkyl halides is 24. The first-order valence-corrected chi connectivity index (χ1v) is 19.5. The minimum absolute atomic E-state index is 0.0155. The van der Waals surface area contributed by atoms with Gasteiger partial charge in [0.1, 0.15) is 12.3 Å². The molecule has 0 saturated heterocycles. The Balaban J connectivity index is 0.000000520. The Morgan fingerprint density at radius 2 is 0.644 bits per heavy atom. The van der Waals surface area contributed by atoms with E-state index in [-0.39, 0.29) is 12.3 Å². The molecule has 0 aliphatic rings. The molecule has 6 rings (SSSR count). The number of hydrogen-bond donors (Lipinski definition) is 0. The quantitative estimate of drug-likeness (QED) is 0.0691. The lowest BCUT2D eigenvalue weighted by Gasteiger charge is -2.46. The molecule has 29 heteroatoms. The summed E-state index contributed by atoms with van der Waals surface area (Å²) in [6.07, 6.45) is -50.8. The standard InChI is InChI=1S/C32H12BF24.C12H10FN2O/c34-25(35,36)13-1-14(26(37,38)39)6-21(5-13)33(22-7-15(27(40,41)42)2-16(8-22)28(43,44)45,23-9-17(29(46,47)48)3-18(10-23)30(49,50)51)24-11-19(31(52,53)54)4-20(12-24)32(55,56)57;13-12-8-14-6-7-15(12)9-11(16)10-4-2-1-3-5-10/h1-12H;1-8H,9H2/q-1;+1. The molecule has 0 amide bonds. The van der Waals surface area contributed by atoms with Crippen LogP contribution < -0.4 is 26.4 Å². The Kier molecular flexibility index (Phi) is 15.3. The molecule has 1 aromatic heterocycles. The number of nitrogens with zero attached hydrogens (tertiary/aromatic N) is 2. The summed E-state index contributed by atoms with van der Waals surface area (Å²) >= 11 is 0. The van der Waals surface area contributed by atoms with Crippen molar-refractivity contribution in [2.45, 2.75) is 56.0 Å². The molecule has 0 atom stereocenters. The lowest BCUT2D eigenvalue weighted by Crippen LogP contribution is -2.75. The summed E-state index contributed by atoms with van der Waals surface area (Å²) in [6, 6.07) is -0.00224. The summed E-state index contributed by atoms with van der Waals surface area (Å²) in [5.41, 5.74) is -29.6. The molecular formula is C44H22BF25N2O. The van der Waals surface area contributed by atoms with Crippen molar-refractivity contribution in [2.24, 2.45) is 0 Å². The molecule has 0 saturated carbocycles. The van der Waals surface area contributed by atoms with E-state index in [9.17, 15) is 115 Å². The van der Waals surface area contributed by atoms with Gasteiger partial charge in [0.2, 0.25) is 12.3 Å². The molecule has 0 fully saturated rings. The van der Waals surface area contributed by atoms with E-state index in [1.807, 2.05) is 6.07 Å². The van der Waals surface area contributed by atoms with Crippen LogP contribution in [0.15, 0.2) is 122 Å². The summed E-state index contributed by atoms with van der Waals surface area (Å²) in [7, 11) is 0. The van der Waals surface area contributed by atoms with Crippen molar-refractivity contribution >= 4 is 33.8 Å². The zero-order valence-electron chi connectivity index (χ0n) is 35.1. The van der Waals surface area contributed by atoms with Gasteiger partial charge in [0.25, 0.3) is 0 Å². The topological polar surface area (TPSA) is 33.8 Å². The second-order valence-electron chi connectivity index (χ2n) is 15.5. The molecule has 1 heterocycles. The maximum absolute atomic E-state index is 14.2. The highest BCUT2D eigenvalue weighted by atomic mass is 19.4. The van der Waals surface area contributed by atoms with E-state index in [2.05, 4.69) is 4.98 Å². The van der Waals surface area contributed by atoms with Crippen LogP contribution in [0.3, 0.4) is 0 Å². The van der Waals surface area contributed by atoms with E-state index < -0.39 is 201 Å². The molecule has 0 N–H and O–H groups in total. The second-order valence-corrected chi connectivity index (χ2v) is 15.5. The summed E-state index contributed by atoms with van der Waals surface area (Å²) < 4.78 is 355. The van der Waals surface area contributed by atoms with Crippen LogP contribution in [0.25, 0.3) is 0 Å². The van der Waals surface area contributed by atoms with Gasteiger partial charge in [-0.05, 0) is 24.3 Å². The summed E-state index contributed by atoms with van der Waals surface area (Å²) in [4.78, 5) is 15.4. The Hall–Kier alpha value is -6.84. The highest BCUT2D eigenvalue weighted by Crippen LogP contribution is 2.41. The zero-order valence-corrected chi connectivity index (χ0v) is 35.1. The van der Waals surface area contributed by atoms with Gasteiger partial charge in [-0.2, -0.15) is 132 Å². The number of benzene rings is 5. The molecule has 3 nitrogen and oxygen atoms in total. The number of hydrogen-bond acceptors (Lipinski definition) is 2. The van der Waals surface area contributed by atoms with E-state index in [0.717, 1.165) is 6.20 Å². The van der Waals surface area contributed by atoms with Gasteiger partial charge >= 0.3 is 55.4 Å². The predicted molar refractivity (Wildman–Crippen MR) is 205 cm³/mol. The van der Waals surface area contributed by atoms with Crippen LogP contribution in [-0.2, 0) is 56.0 Å². The van der Waals surface area contributed by atoms with Crippen LogP contribution in [0.1, 0.15) is 54.9 Å². The van der Waals surface area contributed by atoms with Crippen LogP contribution in [0.4, 0.5) is 110 Å². The third kappa shape index (κ3) is 13.2. The Labute approximate surface area is 391 Å². The molecule has 5 aromatic carbocycles. The van der Waals surface area contributed by atoms with Gasteiger partial charge in [-0.3, -0.25) is 4.79 Å². The lowest BCUT2D eigenvalue weighted by molar-refractivity contribution is -0.711. The van der Waals surface area contributed by atoms with Gasteiger partial charge in [0, 0.05) is 5.56 Å². The number of ketones is 1. The van der Waals surface area contributed by atoms with E-state index in [1.165, 1.54) is 17.0 Å². The molecule has 0 aliphatic carbocycles. The molecule has 73 heavy (non-hydrogen) atoms. The van der Waals surface area contributed by atoms with Crippen LogP contribution in [0, 0.1) is 5.95 Å². The monoisotopic (exact) mass is 1080 g/mol. The molecule has 0 radical (unpaired) electrons. The minimum atomic E-state index is -6.13. The van der Waals surface area contributed by atoms with Crippen molar-refractivity contribution in [3.8, 4) is 0 Å². The molecule has 0 aliphatic heterocycles. The fourth-order valence-corrected chi connectivity index (χ4v) is 7.44. The first-order chi connectivity index (χ1) is 33.0. The Bertz CT molecular complexity index is 2530. The van der Waals surface area contributed by atoms with Gasteiger partial charge in [0.15, 0.2) is 6.20 Å². The first kappa shape index (κ1) is 57.1. The van der Waals surface area contributed by atoms with Crippen molar-refractivity contribution in [3.05, 3.63) is 178 Å². The fourth-order valence-electron chi connectivity index (χ4n) is 7.44. The van der Waals surface area contributed by atoms with E-state index in [1.54, 1.807) is 24.3 Å². The highest BCUT2D eigenvalue weighted by Gasteiger charge is 2.47. The van der Waals surface area contributed by atoms with E-state index >= 15 is 0 Å². The SMILES string of the molecule is FC(F)(F)c1cc([B-](c2cc(C(F)(F)F)cc(C(F)(F)F)c2)(c2cc(C(F)(F)F)cc(C(F)(F)F)c2)c2cc(C(F)(F)F)cc(C(F)(F)F)c2)cc(C(F)(F)F)c1.O=C(C[n+]1ccncc1F)c1ccccc1.